The summed E-state index contributed by atoms with van der Waals surface area (Å²) in [5.41, 5.74) is 0.373. The molecule has 0 aliphatic rings. The van der Waals surface area contributed by atoms with Crippen LogP contribution < -0.4 is 4.90 Å². The van der Waals surface area contributed by atoms with E-state index in [4.69, 9.17) is 10.2 Å². The van der Waals surface area contributed by atoms with Crippen molar-refractivity contribution in [2.24, 2.45) is 0 Å². The molecule has 1 rings (SSSR count). The number of hydrogen-bond donors (Lipinski definition) is 2. The molecule has 0 radical (unpaired) electrons. The molecule has 0 saturated heterocycles. The number of carboxylic acid groups (broad SMARTS) is 1. The maximum Gasteiger partial charge on any atom is 0.323 e. The van der Waals surface area contributed by atoms with Gasteiger partial charge in [-0.1, -0.05) is 5.92 Å². The van der Waals surface area contributed by atoms with Gasteiger partial charge in [-0.05, 0) is 37.1 Å². The lowest BCUT2D eigenvalue weighted by molar-refractivity contribution is -0.136. The molecule has 88 valence electrons. The van der Waals surface area contributed by atoms with E-state index < -0.39 is 18.4 Å². The third-order valence-corrected chi connectivity index (χ3v) is 1.93. The molecule has 0 unspecified atom stereocenters. The van der Waals surface area contributed by atoms with Crippen LogP contribution in [0.15, 0.2) is 24.3 Å². The Hall–Kier alpha value is -2.48. The molecular formula is C12H11NO4. The molecule has 1 aromatic carbocycles. The number of aliphatic carboxylic acids is 1. The molecular weight excluding hydrogens is 222 g/mol. The number of aromatic hydroxyl groups is 1. The Labute approximate surface area is 98.3 Å². The molecule has 0 aromatic heterocycles. The number of nitrogens with zero attached hydrogens (tertiary/aromatic N) is 1. The van der Waals surface area contributed by atoms with E-state index in [0.29, 0.717) is 5.69 Å². The van der Waals surface area contributed by atoms with Gasteiger partial charge in [0.2, 0.25) is 0 Å². The SMILES string of the molecule is CC#CC(=O)N(CC(=O)O)c1ccc(O)cc1. The number of phenolic OH excluding ortho intramolecular Hbond substituents is 1. The number of carbonyl (C=O) groups excluding carboxylic acids is 1. The molecule has 0 bridgehead atoms. The smallest absolute Gasteiger partial charge is 0.323 e. The molecule has 2 N–H and O–H groups in total. The van der Waals surface area contributed by atoms with E-state index in [1.54, 1.807) is 0 Å². The van der Waals surface area contributed by atoms with Crippen molar-refractivity contribution in [3.05, 3.63) is 24.3 Å². The normalized spacial score (nSPS) is 9.00. The Morgan fingerprint density at radius 2 is 1.88 bits per heavy atom. The fourth-order valence-corrected chi connectivity index (χ4v) is 1.22. The minimum atomic E-state index is -1.13. The first kappa shape index (κ1) is 12.6. The van der Waals surface area contributed by atoms with Crippen LogP contribution in [-0.4, -0.2) is 28.6 Å². The molecule has 5 nitrogen and oxygen atoms in total. The van der Waals surface area contributed by atoms with Crippen molar-refractivity contribution in [1.82, 2.24) is 0 Å². The lowest BCUT2D eigenvalue weighted by atomic mass is 10.2. The predicted octanol–water partition coefficient (Wildman–Crippen LogP) is 0.833. The topological polar surface area (TPSA) is 77.8 Å². The van der Waals surface area contributed by atoms with Crippen LogP contribution in [0.4, 0.5) is 5.69 Å². The second-order valence-corrected chi connectivity index (χ2v) is 3.18. The van der Waals surface area contributed by atoms with Crippen LogP contribution in [0.25, 0.3) is 0 Å². The van der Waals surface area contributed by atoms with E-state index in [1.165, 1.54) is 31.2 Å². The Morgan fingerprint density at radius 1 is 1.29 bits per heavy atom. The van der Waals surface area contributed by atoms with Gasteiger partial charge >= 0.3 is 11.9 Å². The fraction of sp³-hybridized carbons (Fsp3) is 0.167. The summed E-state index contributed by atoms with van der Waals surface area (Å²) in [5.74, 6) is 3.00. The van der Waals surface area contributed by atoms with Crippen LogP contribution in [0.3, 0.4) is 0 Å². The molecule has 0 aliphatic carbocycles. The second kappa shape index (κ2) is 5.56. The van der Waals surface area contributed by atoms with E-state index in [-0.39, 0.29) is 5.75 Å². The molecule has 0 spiro atoms. The van der Waals surface area contributed by atoms with Gasteiger partial charge in [0, 0.05) is 5.69 Å². The average molecular weight is 233 g/mol. The van der Waals surface area contributed by atoms with E-state index in [0.717, 1.165) is 4.90 Å². The number of rotatable bonds is 3. The highest BCUT2D eigenvalue weighted by molar-refractivity contribution is 6.07. The summed E-state index contributed by atoms with van der Waals surface area (Å²) >= 11 is 0. The number of amides is 1. The lowest BCUT2D eigenvalue weighted by Gasteiger charge is -2.17. The zero-order valence-corrected chi connectivity index (χ0v) is 9.17. The third kappa shape index (κ3) is 3.54. The van der Waals surface area contributed by atoms with Gasteiger partial charge in [-0.15, -0.1) is 0 Å². The van der Waals surface area contributed by atoms with Crippen LogP contribution >= 0.6 is 0 Å². The maximum atomic E-state index is 11.6. The van der Waals surface area contributed by atoms with Crippen molar-refractivity contribution in [1.29, 1.82) is 0 Å². The van der Waals surface area contributed by atoms with Crippen LogP contribution in [0, 0.1) is 11.8 Å². The minimum absolute atomic E-state index is 0.0399. The highest BCUT2D eigenvalue weighted by atomic mass is 16.4. The molecule has 0 aliphatic heterocycles. The first-order chi connectivity index (χ1) is 8.04. The molecule has 0 fully saturated rings. The van der Waals surface area contributed by atoms with Crippen molar-refractivity contribution >= 4 is 17.6 Å². The molecule has 5 heteroatoms. The third-order valence-electron chi connectivity index (χ3n) is 1.93. The van der Waals surface area contributed by atoms with E-state index in [1.807, 2.05) is 0 Å². The van der Waals surface area contributed by atoms with Crippen molar-refractivity contribution in [2.75, 3.05) is 11.4 Å². The Kier molecular flexibility index (Phi) is 4.12. The number of anilines is 1. The first-order valence-corrected chi connectivity index (χ1v) is 4.79. The van der Waals surface area contributed by atoms with E-state index >= 15 is 0 Å². The quantitative estimate of drug-likeness (QED) is 0.758. The maximum absolute atomic E-state index is 11.6. The van der Waals surface area contributed by atoms with E-state index in [9.17, 15) is 9.59 Å². The molecule has 17 heavy (non-hydrogen) atoms. The van der Waals surface area contributed by atoms with Gasteiger partial charge in [0.1, 0.15) is 12.3 Å². The number of carboxylic acids is 1. The number of hydrogen-bond acceptors (Lipinski definition) is 3. The summed E-state index contributed by atoms with van der Waals surface area (Å²) in [6, 6.07) is 5.65. The molecule has 1 amide bonds. The zero-order valence-electron chi connectivity index (χ0n) is 9.17. The number of benzene rings is 1. The van der Waals surface area contributed by atoms with Gasteiger partial charge in [-0.2, -0.15) is 0 Å². The average Bonchev–Trinajstić information content (AvgIpc) is 2.27. The predicted molar refractivity (Wildman–Crippen MR) is 61.5 cm³/mol. The first-order valence-electron chi connectivity index (χ1n) is 4.79. The summed E-state index contributed by atoms with van der Waals surface area (Å²) in [6.07, 6.45) is 0. The molecule has 1 aromatic rings. The minimum Gasteiger partial charge on any atom is -0.508 e. The lowest BCUT2D eigenvalue weighted by Crippen LogP contribution is -2.34. The zero-order chi connectivity index (χ0) is 12.8. The van der Waals surface area contributed by atoms with Crippen LogP contribution in [0.5, 0.6) is 5.75 Å². The van der Waals surface area contributed by atoms with Crippen LogP contribution in [0.1, 0.15) is 6.92 Å². The van der Waals surface area contributed by atoms with Crippen molar-refractivity contribution < 1.29 is 19.8 Å². The van der Waals surface area contributed by atoms with Crippen molar-refractivity contribution in [3.8, 4) is 17.6 Å². The fourth-order valence-electron chi connectivity index (χ4n) is 1.22. The van der Waals surface area contributed by atoms with Gasteiger partial charge in [0.05, 0.1) is 0 Å². The van der Waals surface area contributed by atoms with Gasteiger partial charge in [-0.3, -0.25) is 14.5 Å². The number of carbonyl (C=O) groups is 2. The highest BCUT2D eigenvalue weighted by Crippen LogP contribution is 2.18. The monoisotopic (exact) mass is 233 g/mol. The van der Waals surface area contributed by atoms with Crippen molar-refractivity contribution in [3.63, 3.8) is 0 Å². The molecule has 0 saturated carbocycles. The summed E-state index contributed by atoms with van der Waals surface area (Å²) in [4.78, 5) is 23.3. The largest absolute Gasteiger partial charge is 0.508 e. The summed E-state index contributed by atoms with van der Waals surface area (Å²) in [7, 11) is 0. The standard InChI is InChI=1S/C12H11NO4/c1-2-3-11(15)13(8-12(16)17)9-4-6-10(14)7-5-9/h4-7,14H,8H2,1H3,(H,16,17). The Bertz CT molecular complexity index is 481. The van der Waals surface area contributed by atoms with Gasteiger partial charge < -0.3 is 10.2 Å². The summed E-state index contributed by atoms with van der Waals surface area (Å²) in [5, 5.41) is 17.8. The summed E-state index contributed by atoms with van der Waals surface area (Å²) in [6.45, 7) is 1.02. The second-order valence-electron chi connectivity index (χ2n) is 3.18. The highest BCUT2D eigenvalue weighted by Gasteiger charge is 2.16. The van der Waals surface area contributed by atoms with Crippen LogP contribution in [0.2, 0.25) is 0 Å². The summed E-state index contributed by atoms with van der Waals surface area (Å²) < 4.78 is 0. The van der Waals surface area contributed by atoms with Crippen molar-refractivity contribution in [2.45, 2.75) is 6.92 Å². The van der Waals surface area contributed by atoms with Gasteiger partial charge in [0.15, 0.2) is 0 Å². The van der Waals surface area contributed by atoms with Gasteiger partial charge in [-0.25, -0.2) is 0 Å². The van der Waals surface area contributed by atoms with Crippen LogP contribution in [-0.2, 0) is 9.59 Å². The van der Waals surface area contributed by atoms with E-state index in [2.05, 4.69) is 11.8 Å². The Balaban J connectivity index is 3.03. The Morgan fingerprint density at radius 3 is 2.35 bits per heavy atom. The molecule has 0 heterocycles. The number of phenols is 1. The van der Waals surface area contributed by atoms with Gasteiger partial charge in [0.25, 0.3) is 0 Å². The molecule has 0 atom stereocenters.